The Hall–Kier alpha value is -3.88. The molecule has 3 aromatic carbocycles. The summed E-state index contributed by atoms with van der Waals surface area (Å²) >= 11 is 0. The van der Waals surface area contributed by atoms with E-state index < -0.39 is 0 Å². The van der Waals surface area contributed by atoms with Crippen LogP contribution in [0.3, 0.4) is 0 Å². The molecule has 2 unspecified atom stereocenters. The van der Waals surface area contributed by atoms with Crippen LogP contribution in [-0.4, -0.2) is 65.3 Å². The van der Waals surface area contributed by atoms with E-state index in [1.54, 1.807) is 26.6 Å². The van der Waals surface area contributed by atoms with E-state index in [4.69, 9.17) is 28.4 Å². The normalized spacial score (nSPS) is 18.4. The van der Waals surface area contributed by atoms with E-state index in [2.05, 4.69) is 9.98 Å². The van der Waals surface area contributed by atoms with E-state index in [0.29, 0.717) is 36.2 Å². The van der Waals surface area contributed by atoms with Gasteiger partial charge in [-0.1, -0.05) is 12.1 Å². The zero-order valence-corrected chi connectivity index (χ0v) is 20.3. The lowest BCUT2D eigenvalue weighted by Crippen LogP contribution is -2.07. The van der Waals surface area contributed by atoms with Crippen LogP contribution < -0.4 is 18.9 Å². The Kier molecular flexibility index (Phi) is 7.44. The molecule has 0 spiro atoms. The van der Waals surface area contributed by atoms with Crippen molar-refractivity contribution >= 4 is 23.8 Å². The molecule has 2 heterocycles. The first-order chi connectivity index (χ1) is 17.7. The molecule has 2 fully saturated rings. The number of hydrogen-bond acceptors (Lipinski definition) is 8. The Morgan fingerprint density at radius 1 is 0.694 bits per heavy atom. The van der Waals surface area contributed by atoms with Gasteiger partial charge in [0.2, 0.25) is 0 Å². The first kappa shape index (κ1) is 23.8. The zero-order valence-electron chi connectivity index (χ0n) is 20.3. The zero-order chi connectivity index (χ0) is 24.7. The SMILES string of the molecule is COc1cccc(C=Nc2ccc(N=Cc3cccc(OC)c3OCC3CO3)cc2)c1OCC1CO1. The maximum absolute atomic E-state index is 5.94. The second-order valence-electron chi connectivity index (χ2n) is 8.32. The van der Waals surface area contributed by atoms with Crippen LogP contribution in [0.4, 0.5) is 11.4 Å². The van der Waals surface area contributed by atoms with E-state index in [1.165, 1.54) is 0 Å². The van der Waals surface area contributed by atoms with E-state index in [9.17, 15) is 0 Å². The molecule has 2 atom stereocenters. The lowest BCUT2D eigenvalue weighted by Gasteiger charge is -2.12. The largest absolute Gasteiger partial charge is 0.493 e. The van der Waals surface area contributed by atoms with Gasteiger partial charge in [0.1, 0.15) is 25.4 Å². The van der Waals surface area contributed by atoms with Gasteiger partial charge in [0, 0.05) is 23.6 Å². The first-order valence-electron chi connectivity index (χ1n) is 11.7. The number of para-hydroxylation sites is 2. The third kappa shape index (κ3) is 6.21. The fourth-order valence-corrected chi connectivity index (χ4v) is 3.49. The highest BCUT2D eigenvalue weighted by atomic mass is 16.6. The van der Waals surface area contributed by atoms with Crippen molar-refractivity contribution in [2.75, 3.05) is 40.6 Å². The summed E-state index contributed by atoms with van der Waals surface area (Å²) in [5, 5.41) is 0. The number of aliphatic imine (C=N–C) groups is 2. The van der Waals surface area contributed by atoms with E-state index in [0.717, 1.165) is 35.7 Å². The van der Waals surface area contributed by atoms with Crippen molar-refractivity contribution in [1.29, 1.82) is 0 Å². The second-order valence-corrected chi connectivity index (χ2v) is 8.32. The molecule has 5 rings (SSSR count). The van der Waals surface area contributed by atoms with Crippen molar-refractivity contribution in [3.63, 3.8) is 0 Å². The van der Waals surface area contributed by atoms with Gasteiger partial charge >= 0.3 is 0 Å². The summed E-state index contributed by atoms with van der Waals surface area (Å²) in [5.41, 5.74) is 3.25. The van der Waals surface area contributed by atoms with Gasteiger partial charge in [-0.25, -0.2) is 0 Å². The first-order valence-corrected chi connectivity index (χ1v) is 11.7. The van der Waals surface area contributed by atoms with Crippen LogP contribution in [0.5, 0.6) is 23.0 Å². The molecule has 0 N–H and O–H groups in total. The fraction of sp³-hybridized carbons (Fsp3) is 0.286. The highest BCUT2D eigenvalue weighted by Crippen LogP contribution is 2.33. The van der Waals surface area contributed by atoms with Crippen LogP contribution in [0.15, 0.2) is 70.6 Å². The molecule has 2 saturated heterocycles. The summed E-state index contributed by atoms with van der Waals surface area (Å²) in [7, 11) is 3.25. The minimum Gasteiger partial charge on any atom is -0.493 e. The van der Waals surface area contributed by atoms with Gasteiger partial charge < -0.3 is 28.4 Å². The van der Waals surface area contributed by atoms with Gasteiger partial charge in [0.15, 0.2) is 23.0 Å². The predicted octanol–water partition coefficient (Wildman–Crippen LogP) is 4.76. The van der Waals surface area contributed by atoms with Gasteiger partial charge in [-0.05, 0) is 48.5 Å². The van der Waals surface area contributed by atoms with E-state index in [-0.39, 0.29) is 12.2 Å². The molecule has 186 valence electrons. The monoisotopic (exact) mass is 488 g/mol. The third-order valence-electron chi connectivity index (χ3n) is 5.65. The molecule has 0 saturated carbocycles. The Morgan fingerprint density at radius 3 is 1.47 bits per heavy atom. The molecule has 3 aromatic rings. The van der Waals surface area contributed by atoms with Crippen molar-refractivity contribution < 1.29 is 28.4 Å². The minimum atomic E-state index is 0.152. The van der Waals surface area contributed by atoms with Gasteiger partial charge in [-0.3, -0.25) is 9.98 Å². The molecule has 0 radical (unpaired) electrons. The van der Waals surface area contributed by atoms with E-state index >= 15 is 0 Å². The Labute approximate surface area is 210 Å². The molecular weight excluding hydrogens is 460 g/mol. The number of hydrogen-bond donors (Lipinski definition) is 0. The van der Waals surface area contributed by atoms with Crippen molar-refractivity contribution in [2.24, 2.45) is 9.98 Å². The summed E-state index contributed by atoms with van der Waals surface area (Å²) in [6.45, 7) is 2.44. The number of nitrogens with zero attached hydrogens (tertiary/aromatic N) is 2. The van der Waals surface area contributed by atoms with Crippen molar-refractivity contribution in [2.45, 2.75) is 12.2 Å². The maximum Gasteiger partial charge on any atom is 0.170 e. The molecule has 0 aliphatic carbocycles. The maximum atomic E-state index is 5.94. The van der Waals surface area contributed by atoms with Gasteiger partial charge in [0.05, 0.1) is 38.8 Å². The highest BCUT2D eigenvalue weighted by molar-refractivity contribution is 5.88. The fourth-order valence-electron chi connectivity index (χ4n) is 3.49. The quantitative estimate of drug-likeness (QED) is 0.270. The van der Waals surface area contributed by atoms with Crippen LogP contribution >= 0.6 is 0 Å². The Morgan fingerprint density at radius 2 is 1.11 bits per heavy atom. The number of benzene rings is 3. The van der Waals surface area contributed by atoms with Gasteiger partial charge in [0.25, 0.3) is 0 Å². The summed E-state index contributed by atoms with van der Waals surface area (Å²) in [6.07, 6.45) is 3.85. The third-order valence-corrected chi connectivity index (χ3v) is 5.65. The molecule has 8 heteroatoms. The highest BCUT2D eigenvalue weighted by Gasteiger charge is 2.25. The molecule has 0 aromatic heterocycles. The van der Waals surface area contributed by atoms with Crippen LogP contribution in [0.2, 0.25) is 0 Å². The molecule has 36 heavy (non-hydrogen) atoms. The lowest BCUT2D eigenvalue weighted by atomic mass is 10.2. The Bertz CT molecular complexity index is 1140. The van der Waals surface area contributed by atoms with Crippen LogP contribution in [-0.2, 0) is 9.47 Å². The van der Waals surface area contributed by atoms with Crippen LogP contribution in [0.1, 0.15) is 11.1 Å². The lowest BCUT2D eigenvalue weighted by molar-refractivity contribution is 0.252. The molecule has 0 amide bonds. The number of rotatable bonds is 12. The number of epoxide rings is 2. The second kappa shape index (κ2) is 11.2. The smallest absolute Gasteiger partial charge is 0.170 e. The topological polar surface area (TPSA) is 86.7 Å². The van der Waals surface area contributed by atoms with Crippen LogP contribution in [0.25, 0.3) is 0 Å². The molecule has 8 nitrogen and oxygen atoms in total. The predicted molar refractivity (Wildman–Crippen MR) is 137 cm³/mol. The van der Waals surface area contributed by atoms with Crippen molar-refractivity contribution in [3.05, 3.63) is 71.8 Å². The van der Waals surface area contributed by atoms with Crippen LogP contribution in [0, 0.1) is 0 Å². The molecular formula is C28H28N2O6. The Balaban J connectivity index is 1.28. The van der Waals surface area contributed by atoms with E-state index in [1.807, 2.05) is 60.7 Å². The van der Waals surface area contributed by atoms with Gasteiger partial charge in [-0.15, -0.1) is 0 Å². The standard InChI is InChI=1S/C28H28N2O6/c1-31-25-7-3-5-19(27(25)35-17-23-15-33-23)13-29-21-9-11-22(12-10-21)30-14-20-6-4-8-26(32-2)28(20)36-18-24-16-34-24/h3-14,23-24H,15-18H2,1-2H3. The average Bonchev–Trinajstić information content (AvgIpc) is 3.85. The average molecular weight is 489 g/mol. The van der Waals surface area contributed by atoms with Crippen molar-refractivity contribution in [3.8, 4) is 23.0 Å². The summed E-state index contributed by atoms with van der Waals surface area (Å²) in [6, 6.07) is 19.1. The number of ether oxygens (including phenoxy) is 6. The summed E-state index contributed by atoms with van der Waals surface area (Å²) < 4.78 is 33.3. The van der Waals surface area contributed by atoms with Crippen molar-refractivity contribution in [1.82, 2.24) is 0 Å². The summed E-state index contributed by atoms with van der Waals surface area (Å²) in [5.74, 6) is 2.64. The molecule has 2 aliphatic rings. The van der Waals surface area contributed by atoms with Gasteiger partial charge in [-0.2, -0.15) is 0 Å². The summed E-state index contributed by atoms with van der Waals surface area (Å²) in [4.78, 5) is 9.21. The number of methoxy groups -OCH3 is 2. The molecule has 2 aliphatic heterocycles. The minimum absolute atomic E-state index is 0.152. The molecule has 0 bridgehead atoms.